The second kappa shape index (κ2) is 2.74. The molecule has 3 N–H and O–H groups in total. The molecule has 1 aromatic carbocycles. The van der Waals surface area contributed by atoms with Crippen molar-refractivity contribution in [3.8, 4) is 0 Å². The molecule has 74 valence electrons. The van der Waals surface area contributed by atoms with Crippen LogP contribution in [0.4, 0.5) is 11.4 Å². The van der Waals surface area contributed by atoms with E-state index < -0.39 is 5.41 Å². The highest BCUT2D eigenvalue weighted by molar-refractivity contribution is 6.06. The number of carbonyl (C=O) groups is 1. The van der Waals surface area contributed by atoms with Gasteiger partial charge >= 0.3 is 0 Å². The summed E-state index contributed by atoms with van der Waals surface area (Å²) in [5.74, 6) is 0.0700. The van der Waals surface area contributed by atoms with E-state index in [0.717, 1.165) is 17.7 Å². The molecule has 1 aliphatic rings. The molecule has 0 saturated heterocycles. The van der Waals surface area contributed by atoms with Crippen molar-refractivity contribution in [2.45, 2.75) is 25.7 Å². The van der Waals surface area contributed by atoms with Crippen molar-refractivity contribution in [2.75, 3.05) is 11.1 Å². The maximum Gasteiger partial charge on any atom is 0.234 e. The van der Waals surface area contributed by atoms with E-state index in [1.807, 2.05) is 26.0 Å². The number of amides is 1. The van der Waals surface area contributed by atoms with E-state index in [0.29, 0.717) is 5.69 Å². The van der Waals surface area contributed by atoms with E-state index >= 15 is 0 Å². The molecule has 1 amide bonds. The molecule has 1 heterocycles. The van der Waals surface area contributed by atoms with Crippen LogP contribution in [-0.4, -0.2) is 5.91 Å². The summed E-state index contributed by atoms with van der Waals surface area (Å²) in [6.45, 7) is 3.96. The van der Waals surface area contributed by atoms with Gasteiger partial charge in [-0.05, 0) is 37.1 Å². The monoisotopic (exact) mass is 190 g/mol. The van der Waals surface area contributed by atoms with Crippen LogP contribution in [0.25, 0.3) is 0 Å². The van der Waals surface area contributed by atoms with Crippen molar-refractivity contribution in [2.24, 2.45) is 0 Å². The molecule has 0 saturated carbocycles. The second-order valence-corrected chi connectivity index (χ2v) is 3.94. The topological polar surface area (TPSA) is 55.1 Å². The lowest BCUT2D eigenvalue weighted by Crippen LogP contribution is -2.29. The predicted octanol–water partition coefficient (Wildman–Crippen LogP) is 1.89. The van der Waals surface area contributed by atoms with Crippen LogP contribution in [-0.2, 0) is 10.2 Å². The molecule has 3 heteroatoms. The molecule has 2 rings (SSSR count). The molecular weight excluding hydrogens is 176 g/mol. The molecule has 0 aromatic heterocycles. The third kappa shape index (κ3) is 1.02. The van der Waals surface area contributed by atoms with Gasteiger partial charge in [0, 0.05) is 11.4 Å². The van der Waals surface area contributed by atoms with Gasteiger partial charge in [-0.1, -0.05) is 6.92 Å². The summed E-state index contributed by atoms with van der Waals surface area (Å²) in [6, 6.07) is 5.56. The lowest BCUT2D eigenvalue weighted by molar-refractivity contribution is -0.120. The number of anilines is 2. The first-order valence-electron chi connectivity index (χ1n) is 4.79. The number of nitrogens with one attached hydrogen (secondary N) is 1. The van der Waals surface area contributed by atoms with Crippen molar-refractivity contribution in [3.63, 3.8) is 0 Å². The largest absolute Gasteiger partial charge is 0.399 e. The third-order valence-electron chi connectivity index (χ3n) is 3.09. The summed E-state index contributed by atoms with van der Waals surface area (Å²) >= 11 is 0. The Morgan fingerprint density at radius 2 is 2.21 bits per heavy atom. The second-order valence-electron chi connectivity index (χ2n) is 3.94. The number of fused-ring (bicyclic) bond motifs is 1. The number of rotatable bonds is 1. The first kappa shape index (κ1) is 9.06. The summed E-state index contributed by atoms with van der Waals surface area (Å²) in [4.78, 5) is 11.7. The van der Waals surface area contributed by atoms with E-state index in [1.165, 1.54) is 0 Å². The van der Waals surface area contributed by atoms with E-state index in [1.54, 1.807) is 6.07 Å². The molecule has 0 fully saturated rings. The minimum absolute atomic E-state index is 0.0700. The van der Waals surface area contributed by atoms with Crippen LogP contribution in [0.15, 0.2) is 18.2 Å². The number of nitrogens with two attached hydrogens (primary N) is 1. The fourth-order valence-electron chi connectivity index (χ4n) is 1.86. The van der Waals surface area contributed by atoms with Gasteiger partial charge in [0.15, 0.2) is 0 Å². The summed E-state index contributed by atoms with van der Waals surface area (Å²) in [5.41, 5.74) is 7.92. The highest BCUT2D eigenvalue weighted by atomic mass is 16.2. The number of carbonyl (C=O) groups excluding carboxylic acids is 1. The maximum atomic E-state index is 11.7. The minimum Gasteiger partial charge on any atom is -0.399 e. The van der Waals surface area contributed by atoms with Gasteiger partial charge in [0.25, 0.3) is 0 Å². The van der Waals surface area contributed by atoms with Crippen LogP contribution in [0.1, 0.15) is 25.8 Å². The Bertz CT molecular complexity index is 400. The van der Waals surface area contributed by atoms with Crippen molar-refractivity contribution in [3.05, 3.63) is 23.8 Å². The number of hydrogen-bond acceptors (Lipinski definition) is 2. The van der Waals surface area contributed by atoms with E-state index in [2.05, 4.69) is 5.32 Å². The number of benzene rings is 1. The molecule has 14 heavy (non-hydrogen) atoms. The predicted molar refractivity (Wildman–Crippen MR) is 57.1 cm³/mol. The smallest absolute Gasteiger partial charge is 0.234 e. The summed E-state index contributed by atoms with van der Waals surface area (Å²) in [5, 5.41) is 2.87. The van der Waals surface area contributed by atoms with Gasteiger partial charge < -0.3 is 11.1 Å². The SMILES string of the molecule is CCC1(C)C(=O)Nc2ccc(N)cc21. The van der Waals surface area contributed by atoms with Crippen LogP contribution in [0, 0.1) is 0 Å². The molecule has 1 unspecified atom stereocenters. The Hall–Kier alpha value is -1.51. The lowest BCUT2D eigenvalue weighted by Gasteiger charge is -2.19. The average molecular weight is 190 g/mol. The van der Waals surface area contributed by atoms with Crippen LogP contribution >= 0.6 is 0 Å². The number of nitrogen functional groups attached to an aromatic ring is 1. The van der Waals surface area contributed by atoms with Crippen LogP contribution in [0.2, 0.25) is 0 Å². The van der Waals surface area contributed by atoms with Gasteiger partial charge in [0.05, 0.1) is 5.41 Å². The standard InChI is InChI=1S/C11H14N2O/c1-3-11(2)8-6-7(12)4-5-9(8)13-10(11)14/h4-6H,3,12H2,1-2H3,(H,13,14). The van der Waals surface area contributed by atoms with Gasteiger partial charge in [-0.2, -0.15) is 0 Å². The van der Waals surface area contributed by atoms with Crippen LogP contribution in [0.3, 0.4) is 0 Å². The highest BCUT2D eigenvalue weighted by Gasteiger charge is 2.40. The van der Waals surface area contributed by atoms with Gasteiger partial charge in [0.1, 0.15) is 0 Å². The third-order valence-corrected chi connectivity index (χ3v) is 3.09. The Labute approximate surface area is 83.3 Å². The van der Waals surface area contributed by atoms with Gasteiger partial charge in [-0.25, -0.2) is 0 Å². The Morgan fingerprint density at radius 3 is 2.86 bits per heavy atom. The van der Waals surface area contributed by atoms with Gasteiger partial charge in [0.2, 0.25) is 5.91 Å². The summed E-state index contributed by atoms with van der Waals surface area (Å²) in [7, 11) is 0. The molecule has 1 aromatic rings. The Kier molecular flexibility index (Phi) is 1.77. The van der Waals surface area contributed by atoms with E-state index in [9.17, 15) is 4.79 Å². The molecule has 1 aliphatic heterocycles. The van der Waals surface area contributed by atoms with Crippen LogP contribution in [0.5, 0.6) is 0 Å². The van der Waals surface area contributed by atoms with E-state index in [4.69, 9.17) is 5.73 Å². The van der Waals surface area contributed by atoms with Gasteiger partial charge in [-0.15, -0.1) is 0 Å². The minimum atomic E-state index is -0.412. The zero-order valence-corrected chi connectivity index (χ0v) is 8.42. The van der Waals surface area contributed by atoms with Crippen molar-refractivity contribution in [1.82, 2.24) is 0 Å². The fourth-order valence-corrected chi connectivity index (χ4v) is 1.86. The first-order chi connectivity index (χ1) is 6.58. The van der Waals surface area contributed by atoms with Crippen molar-refractivity contribution in [1.29, 1.82) is 0 Å². The molecule has 3 nitrogen and oxygen atoms in total. The first-order valence-corrected chi connectivity index (χ1v) is 4.79. The zero-order valence-electron chi connectivity index (χ0n) is 8.42. The summed E-state index contributed by atoms with van der Waals surface area (Å²) in [6.07, 6.45) is 0.787. The molecule has 0 radical (unpaired) electrons. The Balaban J connectivity index is 2.61. The molecular formula is C11H14N2O. The molecule has 0 aliphatic carbocycles. The molecule has 0 spiro atoms. The fraction of sp³-hybridized carbons (Fsp3) is 0.364. The normalized spacial score (nSPS) is 24.6. The maximum absolute atomic E-state index is 11.7. The zero-order chi connectivity index (χ0) is 10.3. The van der Waals surface area contributed by atoms with Gasteiger partial charge in [-0.3, -0.25) is 4.79 Å². The van der Waals surface area contributed by atoms with Crippen LogP contribution < -0.4 is 11.1 Å². The molecule has 1 atom stereocenters. The highest BCUT2D eigenvalue weighted by Crippen LogP contribution is 2.40. The van der Waals surface area contributed by atoms with E-state index in [-0.39, 0.29) is 5.91 Å². The Morgan fingerprint density at radius 1 is 1.50 bits per heavy atom. The average Bonchev–Trinajstić information content (AvgIpc) is 2.41. The lowest BCUT2D eigenvalue weighted by atomic mass is 9.81. The quantitative estimate of drug-likeness (QED) is 0.664. The summed E-state index contributed by atoms with van der Waals surface area (Å²) < 4.78 is 0. The van der Waals surface area contributed by atoms with Crippen molar-refractivity contribution < 1.29 is 4.79 Å². The number of hydrogen-bond donors (Lipinski definition) is 2. The van der Waals surface area contributed by atoms with Crippen molar-refractivity contribution >= 4 is 17.3 Å². The molecule has 0 bridgehead atoms.